The minimum absolute atomic E-state index is 0.0614. The Labute approximate surface area is 141 Å². The first-order valence-corrected chi connectivity index (χ1v) is 8.64. The molecule has 1 aromatic carbocycles. The van der Waals surface area contributed by atoms with E-state index in [9.17, 15) is 0 Å². The number of hydrogen-bond acceptors (Lipinski definition) is 4. The molecule has 0 atom stereocenters. The Morgan fingerprint density at radius 3 is 2.57 bits per heavy atom. The van der Waals surface area contributed by atoms with Crippen molar-refractivity contribution in [1.82, 2.24) is 9.97 Å². The molecule has 0 saturated carbocycles. The summed E-state index contributed by atoms with van der Waals surface area (Å²) in [6.07, 6.45) is 0. The van der Waals surface area contributed by atoms with E-state index in [2.05, 4.69) is 65.9 Å². The van der Waals surface area contributed by atoms with Gasteiger partial charge in [-0.3, -0.25) is 0 Å². The number of aromatic nitrogens is 2. The van der Waals surface area contributed by atoms with E-state index >= 15 is 0 Å². The quantitative estimate of drug-likeness (QED) is 0.585. The maximum Gasteiger partial charge on any atom is 0.163 e. The van der Waals surface area contributed by atoms with Gasteiger partial charge in [-0.25, -0.2) is 9.97 Å². The second-order valence-corrected chi connectivity index (χ2v) is 7.98. The van der Waals surface area contributed by atoms with Crippen molar-refractivity contribution in [2.24, 2.45) is 0 Å². The van der Waals surface area contributed by atoms with Crippen molar-refractivity contribution in [1.29, 1.82) is 0 Å². The summed E-state index contributed by atoms with van der Waals surface area (Å²) >= 11 is 3.94. The minimum atomic E-state index is -0.0614. The number of anilines is 1. The highest BCUT2D eigenvalue weighted by atomic mass is 127. The maximum atomic E-state index is 6.11. The fraction of sp³-hybridized carbons (Fsp3) is 0.250. The lowest BCUT2D eigenvalue weighted by Gasteiger charge is -2.20. The minimum Gasteiger partial charge on any atom is -0.383 e. The largest absolute Gasteiger partial charge is 0.383 e. The molecule has 0 unspecified atom stereocenters. The average Bonchev–Trinajstić information content (AvgIpc) is 2.84. The summed E-state index contributed by atoms with van der Waals surface area (Å²) in [6.45, 7) is 6.44. The summed E-state index contributed by atoms with van der Waals surface area (Å²) in [7, 11) is 0. The SMILES string of the molecule is CC(C)(C)c1nc(-c2csc3ccccc23)nc(N)c1I. The highest BCUT2D eigenvalue weighted by molar-refractivity contribution is 14.1. The Bertz CT molecular complexity index is 818. The number of rotatable bonds is 1. The third-order valence-corrected chi connectivity index (χ3v) is 5.34. The molecule has 3 rings (SSSR count). The van der Waals surface area contributed by atoms with Crippen LogP contribution in [0.2, 0.25) is 0 Å². The smallest absolute Gasteiger partial charge is 0.163 e. The van der Waals surface area contributed by atoms with Crippen LogP contribution in [0.25, 0.3) is 21.5 Å². The van der Waals surface area contributed by atoms with Crippen molar-refractivity contribution in [2.75, 3.05) is 5.73 Å². The van der Waals surface area contributed by atoms with Crippen LogP contribution in [0.1, 0.15) is 26.5 Å². The molecule has 21 heavy (non-hydrogen) atoms. The van der Waals surface area contributed by atoms with Crippen LogP contribution in [-0.4, -0.2) is 9.97 Å². The van der Waals surface area contributed by atoms with Crippen LogP contribution < -0.4 is 5.73 Å². The van der Waals surface area contributed by atoms with Gasteiger partial charge in [0.05, 0.1) is 9.26 Å². The first kappa shape index (κ1) is 14.7. The fourth-order valence-corrected chi connectivity index (χ4v) is 4.22. The molecular weight excluding hydrogens is 393 g/mol. The second-order valence-electron chi connectivity index (χ2n) is 5.99. The van der Waals surface area contributed by atoms with Gasteiger partial charge in [0, 0.05) is 26.4 Å². The standard InChI is InChI=1S/C16H16IN3S/c1-16(2,3)13-12(17)14(18)20-15(19-13)10-8-21-11-7-5-4-6-9(10)11/h4-8H,1-3H3,(H2,18,19,20). The molecule has 0 aliphatic heterocycles. The molecule has 0 spiro atoms. The molecule has 0 aliphatic carbocycles. The van der Waals surface area contributed by atoms with Gasteiger partial charge in [-0.2, -0.15) is 0 Å². The van der Waals surface area contributed by atoms with E-state index in [1.165, 1.54) is 10.1 Å². The fourth-order valence-electron chi connectivity index (χ4n) is 2.23. The maximum absolute atomic E-state index is 6.11. The Hall–Kier alpha value is -1.21. The summed E-state index contributed by atoms with van der Waals surface area (Å²) in [5.41, 5.74) is 8.11. The van der Waals surface area contributed by atoms with E-state index < -0.39 is 0 Å². The third-order valence-electron chi connectivity index (χ3n) is 3.31. The lowest BCUT2D eigenvalue weighted by Crippen LogP contribution is -2.18. The van der Waals surface area contributed by atoms with Gasteiger partial charge in [0.15, 0.2) is 5.82 Å². The lowest BCUT2D eigenvalue weighted by molar-refractivity contribution is 0.564. The lowest BCUT2D eigenvalue weighted by atomic mass is 9.92. The van der Waals surface area contributed by atoms with E-state index in [1.54, 1.807) is 11.3 Å². The highest BCUT2D eigenvalue weighted by Crippen LogP contribution is 2.35. The van der Waals surface area contributed by atoms with Gasteiger partial charge in [0.25, 0.3) is 0 Å². The summed E-state index contributed by atoms with van der Waals surface area (Å²) in [6, 6.07) is 8.31. The number of thiophene rings is 1. The second kappa shape index (κ2) is 5.21. The summed E-state index contributed by atoms with van der Waals surface area (Å²) < 4.78 is 2.19. The van der Waals surface area contributed by atoms with Crippen LogP contribution in [-0.2, 0) is 5.41 Å². The van der Waals surface area contributed by atoms with Gasteiger partial charge in [0.2, 0.25) is 0 Å². The Morgan fingerprint density at radius 2 is 1.86 bits per heavy atom. The first-order valence-electron chi connectivity index (χ1n) is 6.68. The van der Waals surface area contributed by atoms with Crippen molar-refractivity contribution >= 4 is 49.8 Å². The molecule has 2 aromatic heterocycles. The molecular formula is C16H16IN3S. The van der Waals surface area contributed by atoms with Crippen LogP contribution >= 0.6 is 33.9 Å². The van der Waals surface area contributed by atoms with Crippen LogP contribution in [0.3, 0.4) is 0 Å². The molecule has 3 nitrogen and oxygen atoms in total. The summed E-state index contributed by atoms with van der Waals surface area (Å²) in [5.74, 6) is 1.27. The van der Waals surface area contributed by atoms with Crippen LogP contribution in [0.15, 0.2) is 29.6 Å². The zero-order valence-corrected chi connectivity index (χ0v) is 15.1. The van der Waals surface area contributed by atoms with Gasteiger partial charge in [0.1, 0.15) is 5.82 Å². The molecule has 0 radical (unpaired) electrons. The first-order chi connectivity index (χ1) is 9.88. The van der Waals surface area contributed by atoms with Crippen molar-refractivity contribution in [3.05, 3.63) is 38.9 Å². The van der Waals surface area contributed by atoms with Crippen molar-refractivity contribution in [3.8, 4) is 11.4 Å². The molecule has 5 heteroatoms. The highest BCUT2D eigenvalue weighted by Gasteiger charge is 2.23. The van der Waals surface area contributed by atoms with E-state index in [1.807, 2.05) is 12.1 Å². The zero-order chi connectivity index (χ0) is 15.2. The molecule has 0 bridgehead atoms. The van der Waals surface area contributed by atoms with E-state index in [0.29, 0.717) is 5.82 Å². The number of halogens is 1. The predicted octanol–water partition coefficient (Wildman–Crippen LogP) is 4.84. The molecule has 108 valence electrons. The van der Waals surface area contributed by atoms with Gasteiger partial charge in [-0.15, -0.1) is 11.3 Å². The number of nitrogen functional groups attached to an aromatic ring is 1. The average molecular weight is 409 g/mol. The number of hydrogen-bond donors (Lipinski definition) is 1. The van der Waals surface area contributed by atoms with Gasteiger partial charge in [-0.05, 0) is 28.7 Å². The van der Waals surface area contributed by atoms with E-state index in [0.717, 1.165) is 20.7 Å². The number of nitrogens with two attached hydrogens (primary N) is 1. The number of fused-ring (bicyclic) bond motifs is 1. The van der Waals surface area contributed by atoms with Crippen molar-refractivity contribution in [2.45, 2.75) is 26.2 Å². The molecule has 0 aliphatic rings. The van der Waals surface area contributed by atoms with Gasteiger partial charge in [-0.1, -0.05) is 39.0 Å². The Kier molecular flexibility index (Phi) is 3.65. The van der Waals surface area contributed by atoms with Crippen molar-refractivity contribution in [3.63, 3.8) is 0 Å². The van der Waals surface area contributed by atoms with Crippen LogP contribution in [0, 0.1) is 3.57 Å². The van der Waals surface area contributed by atoms with Gasteiger partial charge >= 0.3 is 0 Å². The molecule has 0 saturated heterocycles. The topological polar surface area (TPSA) is 51.8 Å². The molecule has 3 aromatic rings. The Balaban J connectivity index is 2.26. The predicted molar refractivity (Wildman–Crippen MR) is 98.7 cm³/mol. The van der Waals surface area contributed by atoms with Crippen molar-refractivity contribution < 1.29 is 0 Å². The summed E-state index contributed by atoms with van der Waals surface area (Å²) in [5, 5.41) is 3.29. The van der Waals surface area contributed by atoms with E-state index in [-0.39, 0.29) is 5.41 Å². The molecule has 0 amide bonds. The third kappa shape index (κ3) is 2.64. The Morgan fingerprint density at radius 1 is 1.14 bits per heavy atom. The van der Waals surface area contributed by atoms with Gasteiger partial charge < -0.3 is 5.73 Å². The van der Waals surface area contributed by atoms with Crippen LogP contribution in [0.4, 0.5) is 5.82 Å². The van der Waals surface area contributed by atoms with Crippen LogP contribution in [0.5, 0.6) is 0 Å². The summed E-state index contributed by atoms with van der Waals surface area (Å²) in [4.78, 5) is 9.31. The van der Waals surface area contributed by atoms with E-state index in [4.69, 9.17) is 10.7 Å². The molecule has 2 N–H and O–H groups in total. The normalized spacial score (nSPS) is 12.0. The number of benzene rings is 1. The monoisotopic (exact) mass is 409 g/mol. The molecule has 0 fully saturated rings. The zero-order valence-electron chi connectivity index (χ0n) is 12.1. The molecule has 2 heterocycles. The number of nitrogens with zero attached hydrogens (tertiary/aromatic N) is 2.